The first-order chi connectivity index (χ1) is 19.6. The van der Waals surface area contributed by atoms with E-state index in [4.69, 9.17) is 25.4 Å². The van der Waals surface area contributed by atoms with E-state index in [0.717, 1.165) is 17.5 Å². The first-order valence-corrected chi connectivity index (χ1v) is 13.4. The largest absolute Gasteiger partial charge is 0.496 e. The minimum absolute atomic E-state index is 0.0805. The fourth-order valence-corrected chi connectivity index (χ4v) is 5.12. The van der Waals surface area contributed by atoms with Crippen molar-refractivity contribution >= 4 is 49.9 Å². The Bertz CT molecular complexity index is 1890. The number of ether oxygens (including phenoxy) is 2. The van der Waals surface area contributed by atoms with E-state index in [9.17, 15) is 22.9 Å². The zero-order chi connectivity index (χ0) is 29.3. The average Bonchev–Trinajstić information content (AvgIpc) is 3.41. The molecule has 2 aromatic heterocycles. The number of hydrogen-bond donors (Lipinski definition) is 0. The summed E-state index contributed by atoms with van der Waals surface area (Å²) in [5.41, 5.74) is -0.688. The number of fused-ring (bicyclic) bond motifs is 1. The molecule has 0 aliphatic rings. The van der Waals surface area contributed by atoms with Gasteiger partial charge in [-0.2, -0.15) is 22.9 Å². The third kappa shape index (κ3) is 5.23. The van der Waals surface area contributed by atoms with Crippen molar-refractivity contribution in [1.29, 1.82) is 0 Å². The zero-order valence-corrected chi connectivity index (χ0v) is 22.8. The minimum atomic E-state index is -4.57. The van der Waals surface area contributed by atoms with E-state index in [-0.39, 0.29) is 27.2 Å². The zero-order valence-electron chi connectivity index (χ0n) is 21.3. The summed E-state index contributed by atoms with van der Waals surface area (Å²) in [5, 5.41) is 13.0. The van der Waals surface area contributed by atoms with Gasteiger partial charge in [-0.3, -0.25) is 14.7 Å². The van der Waals surface area contributed by atoms with Crippen molar-refractivity contribution in [3.05, 3.63) is 100 Å². The van der Waals surface area contributed by atoms with Gasteiger partial charge < -0.3 is 9.47 Å². The number of nitro benzene ring substituents is 1. The summed E-state index contributed by atoms with van der Waals surface area (Å²) in [7, 11) is -1.88. The van der Waals surface area contributed by atoms with Gasteiger partial charge in [0.25, 0.3) is 5.95 Å². The van der Waals surface area contributed by atoms with Gasteiger partial charge in [0.15, 0.2) is 5.82 Å². The van der Waals surface area contributed by atoms with E-state index in [2.05, 4.69) is 9.97 Å². The van der Waals surface area contributed by atoms with Gasteiger partial charge >= 0.3 is 15.8 Å². The molecule has 41 heavy (non-hydrogen) atoms. The molecule has 0 spiro atoms. The lowest BCUT2D eigenvalue weighted by Crippen LogP contribution is -2.26. The van der Waals surface area contributed by atoms with Gasteiger partial charge in [-0.1, -0.05) is 35.9 Å². The number of anilines is 2. The maximum atomic E-state index is 14.5. The predicted octanol–water partition coefficient (Wildman–Crippen LogP) is 5.60. The van der Waals surface area contributed by atoms with Gasteiger partial charge in [-0.25, -0.2) is 4.98 Å². The fraction of sp³-hybridized carbons (Fsp3) is 0.0769. The average molecular weight is 600 g/mol. The van der Waals surface area contributed by atoms with Crippen LogP contribution in [0, 0.1) is 15.9 Å². The predicted molar refractivity (Wildman–Crippen MR) is 147 cm³/mol. The Hall–Kier alpha value is -4.79. The summed E-state index contributed by atoms with van der Waals surface area (Å²) in [6, 6.07) is 15.7. The van der Waals surface area contributed by atoms with Crippen LogP contribution < -0.4 is 14.5 Å². The molecule has 5 rings (SSSR count). The first-order valence-electron chi connectivity index (χ1n) is 11.6. The van der Waals surface area contributed by atoms with Crippen molar-refractivity contribution in [2.75, 3.05) is 19.3 Å². The van der Waals surface area contributed by atoms with Crippen LogP contribution in [0.15, 0.2) is 84.0 Å². The van der Waals surface area contributed by atoms with E-state index in [0.29, 0.717) is 16.3 Å². The van der Waals surface area contributed by atoms with Crippen molar-refractivity contribution in [2.45, 2.75) is 4.90 Å². The van der Waals surface area contributed by atoms with Crippen molar-refractivity contribution in [2.24, 2.45) is 0 Å². The number of nitrogens with zero attached hydrogens (tertiary/aromatic N) is 5. The molecule has 0 fully saturated rings. The maximum absolute atomic E-state index is 14.5. The SMILES string of the molecule is COc1cc(F)c([N+](=O)[O-])cc1N(OS(=O)(=O)c1ccccc1)c1ncc(Cl)c(-n2ccc3c(OC)cccc32)n1. The Morgan fingerprint density at radius 2 is 1.76 bits per heavy atom. The molecule has 0 bridgehead atoms. The summed E-state index contributed by atoms with van der Waals surface area (Å²) in [5.74, 6) is -1.22. The van der Waals surface area contributed by atoms with Crippen molar-refractivity contribution in [3.8, 4) is 17.3 Å². The van der Waals surface area contributed by atoms with Gasteiger partial charge in [0.05, 0.1) is 35.8 Å². The summed E-state index contributed by atoms with van der Waals surface area (Å²) >= 11 is 6.47. The molecule has 3 aromatic carbocycles. The number of aromatic nitrogens is 3. The maximum Gasteiger partial charge on any atom is 0.318 e. The number of benzene rings is 3. The van der Waals surface area contributed by atoms with Crippen LogP contribution in [-0.2, 0) is 14.4 Å². The Labute approximate surface area is 237 Å². The number of halogens is 2. The smallest absolute Gasteiger partial charge is 0.318 e. The lowest BCUT2D eigenvalue weighted by molar-refractivity contribution is -0.387. The van der Waals surface area contributed by atoms with Gasteiger partial charge in [0.1, 0.15) is 22.2 Å². The first kappa shape index (κ1) is 27.8. The lowest BCUT2D eigenvalue weighted by atomic mass is 10.2. The Balaban J connectivity index is 1.73. The number of methoxy groups -OCH3 is 2. The van der Waals surface area contributed by atoms with Crippen LogP contribution in [0.25, 0.3) is 16.7 Å². The van der Waals surface area contributed by atoms with E-state index in [1.54, 1.807) is 41.1 Å². The monoisotopic (exact) mass is 599 g/mol. The minimum Gasteiger partial charge on any atom is -0.496 e. The molecule has 0 aliphatic heterocycles. The van der Waals surface area contributed by atoms with Crippen molar-refractivity contribution in [3.63, 3.8) is 0 Å². The topological polar surface area (TPSA) is 139 Å². The van der Waals surface area contributed by atoms with Crippen LogP contribution in [0.3, 0.4) is 0 Å². The number of hydrogen-bond acceptors (Lipinski definition) is 10. The standard InChI is InChI=1S/C26H19ClFN5O7S/c1-38-23-10-6-9-20-17(23)11-12-31(20)25-18(27)15-29-26(30-25)32(40-41(36,37)16-7-4-3-5-8-16)22-14-21(33(34)35)19(28)13-24(22)39-2/h3-15H,1-2H3. The van der Waals surface area contributed by atoms with Crippen LogP contribution in [0.2, 0.25) is 5.02 Å². The Kier molecular flexibility index (Phi) is 7.45. The molecule has 0 atom stereocenters. The Morgan fingerprint density at radius 1 is 1.02 bits per heavy atom. The molecular weight excluding hydrogens is 581 g/mol. The van der Waals surface area contributed by atoms with Crippen LogP contribution in [0.5, 0.6) is 11.5 Å². The second kappa shape index (κ2) is 11.0. The highest BCUT2D eigenvalue weighted by Gasteiger charge is 2.31. The van der Waals surface area contributed by atoms with Crippen molar-refractivity contribution < 1.29 is 31.5 Å². The molecule has 0 saturated heterocycles. The molecule has 0 N–H and O–H groups in total. The molecule has 0 radical (unpaired) electrons. The second-order valence-corrected chi connectivity index (χ2v) is 10.2. The lowest BCUT2D eigenvalue weighted by Gasteiger charge is -2.23. The van der Waals surface area contributed by atoms with Crippen LogP contribution in [0.4, 0.5) is 21.7 Å². The highest BCUT2D eigenvalue weighted by Crippen LogP contribution is 2.39. The quantitative estimate of drug-likeness (QED) is 0.155. The summed E-state index contributed by atoms with van der Waals surface area (Å²) in [4.78, 5) is 18.9. The molecule has 12 nitrogen and oxygen atoms in total. The second-order valence-electron chi connectivity index (χ2n) is 8.29. The van der Waals surface area contributed by atoms with E-state index in [1.807, 2.05) is 0 Å². The van der Waals surface area contributed by atoms with Gasteiger partial charge in [-0.15, -0.1) is 4.28 Å². The van der Waals surface area contributed by atoms with Crippen LogP contribution in [-0.4, -0.2) is 42.1 Å². The van der Waals surface area contributed by atoms with E-state index < -0.39 is 32.5 Å². The molecule has 0 saturated carbocycles. The van der Waals surface area contributed by atoms with Gasteiger partial charge in [-0.05, 0) is 30.3 Å². The Morgan fingerprint density at radius 3 is 2.44 bits per heavy atom. The molecule has 0 unspecified atom stereocenters. The van der Waals surface area contributed by atoms with Crippen molar-refractivity contribution in [1.82, 2.24) is 14.5 Å². The molecule has 0 aliphatic carbocycles. The third-order valence-electron chi connectivity index (χ3n) is 5.90. The highest BCUT2D eigenvalue weighted by atomic mass is 35.5. The molecule has 2 heterocycles. The van der Waals surface area contributed by atoms with Crippen LogP contribution in [0.1, 0.15) is 0 Å². The summed E-state index contributed by atoms with van der Waals surface area (Å²) in [6.45, 7) is 0. The summed E-state index contributed by atoms with van der Waals surface area (Å²) in [6.07, 6.45) is 2.86. The summed E-state index contributed by atoms with van der Waals surface area (Å²) < 4.78 is 58.7. The normalized spacial score (nSPS) is 11.4. The molecule has 15 heteroatoms. The molecular formula is C26H19ClFN5O7S. The van der Waals surface area contributed by atoms with E-state index in [1.165, 1.54) is 44.7 Å². The van der Waals surface area contributed by atoms with Crippen LogP contribution >= 0.6 is 11.6 Å². The van der Waals surface area contributed by atoms with Gasteiger partial charge in [0.2, 0.25) is 5.82 Å². The highest BCUT2D eigenvalue weighted by molar-refractivity contribution is 7.86. The molecule has 5 aromatic rings. The number of rotatable bonds is 9. The molecule has 0 amide bonds. The van der Waals surface area contributed by atoms with Gasteiger partial charge in [0, 0.05) is 23.7 Å². The fourth-order valence-electron chi connectivity index (χ4n) is 4.02. The third-order valence-corrected chi connectivity index (χ3v) is 7.37. The number of nitro groups is 1. The molecule has 210 valence electrons. The van der Waals surface area contributed by atoms with E-state index >= 15 is 0 Å².